The first kappa shape index (κ1) is 20.8. The van der Waals surface area contributed by atoms with Gasteiger partial charge in [0, 0.05) is 44.4 Å². The van der Waals surface area contributed by atoms with Crippen molar-refractivity contribution in [1.82, 2.24) is 15.5 Å². The normalized spacial score (nSPS) is 21.4. The van der Waals surface area contributed by atoms with Crippen LogP contribution in [-0.4, -0.2) is 62.3 Å². The van der Waals surface area contributed by atoms with Gasteiger partial charge in [0.2, 0.25) is 5.91 Å². The summed E-state index contributed by atoms with van der Waals surface area (Å²) in [6.45, 7) is 4.81. The lowest BCUT2D eigenvalue weighted by atomic mass is 9.71. The van der Waals surface area contributed by atoms with Crippen molar-refractivity contribution in [2.24, 2.45) is 5.41 Å². The average molecular weight is 413 g/mol. The van der Waals surface area contributed by atoms with E-state index in [9.17, 15) is 14.4 Å². The van der Waals surface area contributed by atoms with Crippen molar-refractivity contribution in [3.8, 4) is 0 Å². The molecule has 162 valence electrons. The number of hydrogen-bond donors (Lipinski definition) is 2. The van der Waals surface area contributed by atoms with Crippen LogP contribution < -0.4 is 15.5 Å². The summed E-state index contributed by atoms with van der Waals surface area (Å²) in [5.74, 6) is -0.234. The molecule has 1 atom stereocenters. The maximum Gasteiger partial charge on any atom is 0.255 e. The van der Waals surface area contributed by atoms with Gasteiger partial charge in [0.25, 0.3) is 5.91 Å². The molecule has 2 N–H and O–H groups in total. The molecule has 1 aromatic carbocycles. The Morgan fingerprint density at radius 2 is 1.97 bits per heavy atom. The smallest absolute Gasteiger partial charge is 0.255 e. The van der Waals surface area contributed by atoms with Gasteiger partial charge in [0.1, 0.15) is 6.29 Å². The lowest BCUT2D eigenvalue weighted by Crippen LogP contribution is -2.45. The Morgan fingerprint density at radius 3 is 2.63 bits per heavy atom. The monoisotopic (exact) mass is 412 g/mol. The zero-order valence-electron chi connectivity index (χ0n) is 17.8. The summed E-state index contributed by atoms with van der Waals surface area (Å²) in [5, 5.41) is 6.03. The summed E-state index contributed by atoms with van der Waals surface area (Å²) >= 11 is 0. The van der Waals surface area contributed by atoms with Crippen LogP contribution in [0, 0.1) is 5.41 Å². The van der Waals surface area contributed by atoms with Crippen molar-refractivity contribution in [3.05, 3.63) is 29.3 Å². The Balaban J connectivity index is 1.42. The maximum atomic E-state index is 12.8. The molecule has 2 fully saturated rings. The Labute approximate surface area is 178 Å². The highest BCUT2D eigenvalue weighted by molar-refractivity contribution is 6.00. The molecule has 7 heteroatoms. The molecule has 3 aliphatic heterocycles. The predicted molar refractivity (Wildman–Crippen MR) is 115 cm³/mol. The van der Waals surface area contributed by atoms with Crippen molar-refractivity contribution < 1.29 is 14.4 Å². The molecular formula is C23H32N4O3. The van der Waals surface area contributed by atoms with Gasteiger partial charge in [-0.15, -0.1) is 0 Å². The molecule has 0 bridgehead atoms. The molecule has 4 rings (SSSR count). The van der Waals surface area contributed by atoms with E-state index in [0.29, 0.717) is 23.9 Å². The van der Waals surface area contributed by atoms with Gasteiger partial charge in [-0.2, -0.15) is 0 Å². The second-order valence-corrected chi connectivity index (χ2v) is 8.93. The van der Waals surface area contributed by atoms with Gasteiger partial charge in [0.15, 0.2) is 0 Å². The van der Waals surface area contributed by atoms with E-state index < -0.39 is 6.04 Å². The van der Waals surface area contributed by atoms with Crippen LogP contribution in [0.1, 0.15) is 54.4 Å². The van der Waals surface area contributed by atoms with Crippen LogP contribution >= 0.6 is 0 Å². The van der Waals surface area contributed by atoms with E-state index >= 15 is 0 Å². The maximum absolute atomic E-state index is 12.8. The standard InChI is InChI=1S/C23H32N4O3/c1-24-21(29)5-3-19(16-28)27-15-17-14-18(2-4-20(17)22(27)30)26-12-8-23(9-13-26)6-10-25-11-7-23/h2,4,14,16,19,25H,3,5-13,15H2,1H3,(H,24,29). The minimum atomic E-state index is -0.569. The van der Waals surface area contributed by atoms with Gasteiger partial charge in [-0.3, -0.25) is 9.59 Å². The fourth-order valence-corrected chi connectivity index (χ4v) is 5.19. The summed E-state index contributed by atoms with van der Waals surface area (Å²) in [7, 11) is 1.57. The van der Waals surface area contributed by atoms with E-state index in [-0.39, 0.29) is 18.2 Å². The molecule has 2 saturated heterocycles. The number of amides is 2. The summed E-state index contributed by atoms with van der Waals surface area (Å²) in [5.41, 5.74) is 3.33. The number of hydrogen-bond acceptors (Lipinski definition) is 5. The lowest BCUT2D eigenvalue weighted by molar-refractivity contribution is -0.121. The number of piperidine rings is 2. The van der Waals surface area contributed by atoms with E-state index in [0.717, 1.165) is 38.0 Å². The van der Waals surface area contributed by atoms with Crippen LogP contribution in [0.25, 0.3) is 0 Å². The Kier molecular flexibility index (Phi) is 6.09. The van der Waals surface area contributed by atoms with Crippen LogP contribution in [0.3, 0.4) is 0 Å². The minimum absolute atomic E-state index is 0.113. The summed E-state index contributed by atoms with van der Waals surface area (Å²) in [4.78, 5) is 40.0. The van der Waals surface area contributed by atoms with Crippen LogP contribution in [-0.2, 0) is 16.1 Å². The second-order valence-electron chi connectivity index (χ2n) is 8.93. The van der Waals surface area contributed by atoms with Gasteiger partial charge in [-0.25, -0.2) is 0 Å². The topological polar surface area (TPSA) is 81.8 Å². The molecule has 0 saturated carbocycles. The third-order valence-corrected chi connectivity index (χ3v) is 7.28. The van der Waals surface area contributed by atoms with Crippen LogP contribution in [0.2, 0.25) is 0 Å². The first-order valence-corrected chi connectivity index (χ1v) is 11.1. The highest BCUT2D eigenvalue weighted by Crippen LogP contribution is 2.41. The molecule has 3 aliphatic rings. The van der Waals surface area contributed by atoms with Crippen LogP contribution in [0.5, 0.6) is 0 Å². The van der Waals surface area contributed by atoms with Gasteiger partial charge in [-0.05, 0) is 74.4 Å². The molecule has 1 spiro atoms. The van der Waals surface area contributed by atoms with Crippen molar-refractivity contribution in [1.29, 1.82) is 0 Å². The summed E-state index contributed by atoms with van der Waals surface area (Å²) < 4.78 is 0. The van der Waals surface area contributed by atoms with E-state index in [2.05, 4.69) is 21.6 Å². The van der Waals surface area contributed by atoms with E-state index in [4.69, 9.17) is 0 Å². The third kappa shape index (κ3) is 4.08. The first-order valence-electron chi connectivity index (χ1n) is 11.1. The molecule has 7 nitrogen and oxygen atoms in total. The number of fused-ring (bicyclic) bond motifs is 1. The number of anilines is 1. The highest BCUT2D eigenvalue weighted by Gasteiger charge is 2.37. The Hall–Kier alpha value is -2.41. The average Bonchev–Trinajstić information content (AvgIpc) is 3.11. The van der Waals surface area contributed by atoms with Crippen molar-refractivity contribution in [3.63, 3.8) is 0 Å². The van der Waals surface area contributed by atoms with Gasteiger partial charge >= 0.3 is 0 Å². The third-order valence-electron chi connectivity index (χ3n) is 7.28. The SMILES string of the molecule is CNC(=O)CCC(C=O)N1Cc2cc(N3CCC4(CCNCC4)CC3)ccc2C1=O. The van der Waals surface area contributed by atoms with Crippen molar-refractivity contribution in [2.75, 3.05) is 38.1 Å². The predicted octanol–water partition coefficient (Wildman–Crippen LogP) is 1.71. The summed E-state index contributed by atoms with van der Waals surface area (Å²) in [6, 6.07) is 5.50. The molecule has 0 aliphatic carbocycles. The van der Waals surface area contributed by atoms with Gasteiger partial charge < -0.3 is 25.2 Å². The largest absolute Gasteiger partial charge is 0.371 e. The number of nitrogens with one attached hydrogen (secondary N) is 2. The highest BCUT2D eigenvalue weighted by atomic mass is 16.2. The number of rotatable bonds is 6. The number of carbonyl (C=O) groups excluding carboxylic acids is 3. The first-order chi connectivity index (χ1) is 14.5. The fraction of sp³-hybridized carbons (Fsp3) is 0.609. The fourth-order valence-electron chi connectivity index (χ4n) is 5.19. The second kappa shape index (κ2) is 8.76. The molecule has 0 radical (unpaired) electrons. The lowest BCUT2D eigenvalue weighted by Gasteiger charge is -2.45. The van der Waals surface area contributed by atoms with Crippen molar-refractivity contribution in [2.45, 2.75) is 51.1 Å². The molecule has 0 aromatic heterocycles. The van der Waals surface area contributed by atoms with Crippen molar-refractivity contribution >= 4 is 23.8 Å². The molecule has 2 amide bonds. The number of carbonyl (C=O) groups is 3. The van der Waals surface area contributed by atoms with E-state index in [1.165, 1.54) is 31.4 Å². The number of aldehydes is 1. The quantitative estimate of drug-likeness (QED) is 0.695. The Morgan fingerprint density at radius 1 is 1.23 bits per heavy atom. The zero-order chi connectivity index (χ0) is 21.1. The molecule has 1 aromatic rings. The summed E-state index contributed by atoms with van der Waals surface area (Å²) in [6.07, 6.45) is 6.37. The molecule has 30 heavy (non-hydrogen) atoms. The van der Waals surface area contributed by atoms with Gasteiger partial charge in [0.05, 0.1) is 6.04 Å². The zero-order valence-corrected chi connectivity index (χ0v) is 17.8. The molecule has 1 unspecified atom stereocenters. The minimum Gasteiger partial charge on any atom is -0.371 e. The van der Waals surface area contributed by atoms with Crippen LogP contribution in [0.15, 0.2) is 18.2 Å². The Bertz CT molecular complexity index is 809. The molecule has 3 heterocycles. The number of benzene rings is 1. The van der Waals surface area contributed by atoms with E-state index in [1.54, 1.807) is 11.9 Å². The van der Waals surface area contributed by atoms with Gasteiger partial charge in [-0.1, -0.05) is 0 Å². The van der Waals surface area contributed by atoms with Crippen LogP contribution in [0.4, 0.5) is 5.69 Å². The number of nitrogens with zero attached hydrogens (tertiary/aromatic N) is 2. The molecular weight excluding hydrogens is 380 g/mol. The van der Waals surface area contributed by atoms with E-state index in [1.807, 2.05) is 12.1 Å².